The molecule has 2 aromatic heterocycles. The molecule has 13 nitrogen and oxygen atoms in total. The van der Waals surface area contributed by atoms with Gasteiger partial charge in [-0.3, -0.25) is 19.4 Å². The molecule has 1 aliphatic rings. The number of alkyl halides is 3. The number of pyridine rings is 1. The summed E-state index contributed by atoms with van der Waals surface area (Å²) < 4.78 is 43.6. The van der Waals surface area contributed by atoms with Gasteiger partial charge < -0.3 is 31.3 Å². The Morgan fingerprint density at radius 3 is 2.18 bits per heavy atom. The van der Waals surface area contributed by atoms with Gasteiger partial charge in [0.2, 0.25) is 11.9 Å². The van der Waals surface area contributed by atoms with Gasteiger partial charge in [-0.1, -0.05) is 37.6 Å². The lowest BCUT2D eigenvalue weighted by molar-refractivity contribution is -0.154. The highest BCUT2D eigenvalue weighted by Crippen LogP contribution is 2.48. The predicted molar refractivity (Wildman–Crippen MR) is 179 cm³/mol. The van der Waals surface area contributed by atoms with Gasteiger partial charge in [0.25, 0.3) is 5.91 Å². The zero-order valence-corrected chi connectivity index (χ0v) is 27.7. The van der Waals surface area contributed by atoms with Crippen LogP contribution in [-0.2, 0) is 15.1 Å². The van der Waals surface area contributed by atoms with Gasteiger partial charge >= 0.3 is 24.0 Å². The third-order valence-electron chi connectivity index (χ3n) is 7.46. The second-order valence-corrected chi connectivity index (χ2v) is 12.7. The molecule has 0 aliphatic heterocycles. The lowest BCUT2D eigenvalue weighted by Crippen LogP contribution is -2.44. The minimum Gasteiger partial charge on any atom is -0.454 e. The van der Waals surface area contributed by atoms with E-state index in [1.807, 2.05) is 26.0 Å². The number of carbonyl (C=O) groups is 3. The average Bonchev–Trinajstić information content (AvgIpc) is 3.86. The average molecular weight is 712 g/mol. The molecule has 50 heavy (non-hydrogen) atoms. The van der Waals surface area contributed by atoms with Crippen molar-refractivity contribution in [3.63, 3.8) is 0 Å². The lowest BCUT2D eigenvalue weighted by Gasteiger charge is -2.25. The van der Waals surface area contributed by atoms with E-state index >= 15 is 0 Å². The number of aromatic nitrogens is 4. The van der Waals surface area contributed by atoms with Crippen molar-refractivity contribution in [2.45, 2.75) is 38.4 Å². The SMILES string of the molecule is CC(C)(CNC(=O)C(=O)Nc1cccnc1)CNC(=O)c1ccc(Nc2nc(NC3(c4ccc(Cl)cc4)CC3)nc(OCC(F)(F)F)n2)cc1. The Bertz CT molecular complexity index is 1820. The number of anilines is 4. The third kappa shape index (κ3) is 10.2. The lowest BCUT2D eigenvalue weighted by atomic mass is 9.93. The molecule has 2 heterocycles. The number of hydrogen-bond donors (Lipinski definition) is 5. The van der Waals surface area contributed by atoms with Crippen LogP contribution in [0.3, 0.4) is 0 Å². The van der Waals surface area contributed by atoms with E-state index in [1.54, 1.807) is 36.4 Å². The van der Waals surface area contributed by atoms with Crippen molar-refractivity contribution >= 4 is 52.6 Å². The molecule has 0 radical (unpaired) electrons. The molecule has 1 saturated carbocycles. The van der Waals surface area contributed by atoms with E-state index in [9.17, 15) is 27.6 Å². The van der Waals surface area contributed by atoms with E-state index in [1.165, 1.54) is 24.5 Å². The summed E-state index contributed by atoms with van der Waals surface area (Å²) in [5.41, 5.74) is 0.926. The molecular formula is C33H33ClF3N9O4. The summed E-state index contributed by atoms with van der Waals surface area (Å²) in [4.78, 5) is 53.6. The van der Waals surface area contributed by atoms with Gasteiger partial charge in [0, 0.05) is 35.6 Å². The Kier molecular flexibility index (Phi) is 10.7. The van der Waals surface area contributed by atoms with Crippen LogP contribution in [0.2, 0.25) is 5.02 Å². The van der Waals surface area contributed by atoms with E-state index in [0.717, 1.165) is 18.4 Å². The van der Waals surface area contributed by atoms with Crippen molar-refractivity contribution in [2.75, 3.05) is 35.6 Å². The van der Waals surface area contributed by atoms with Crippen molar-refractivity contribution < 1.29 is 32.3 Å². The monoisotopic (exact) mass is 711 g/mol. The molecule has 262 valence electrons. The van der Waals surface area contributed by atoms with Gasteiger partial charge in [-0.05, 0) is 72.4 Å². The van der Waals surface area contributed by atoms with Gasteiger partial charge in [0.15, 0.2) is 6.61 Å². The first-order chi connectivity index (χ1) is 23.7. The Labute approximate surface area is 289 Å². The molecule has 0 spiro atoms. The molecule has 17 heteroatoms. The highest BCUT2D eigenvalue weighted by atomic mass is 35.5. The fourth-order valence-electron chi connectivity index (χ4n) is 4.62. The first-order valence-corrected chi connectivity index (χ1v) is 15.7. The predicted octanol–water partition coefficient (Wildman–Crippen LogP) is 5.22. The van der Waals surface area contributed by atoms with Crippen molar-refractivity contribution in [2.24, 2.45) is 5.41 Å². The maximum Gasteiger partial charge on any atom is 0.422 e. The summed E-state index contributed by atoms with van der Waals surface area (Å²) in [6.07, 6.45) is -0.182. The van der Waals surface area contributed by atoms with Crippen LogP contribution in [0.5, 0.6) is 6.01 Å². The number of benzene rings is 2. The van der Waals surface area contributed by atoms with E-state index in [-0.39, 0.29) is 25.0 Å². The molecule has 0 unspecified atom stereocenters. The van der Waals surface area contributed by atoms with Gasteiger partial charge in [-0.2, -0.15) is 28.1 Å². The van der Waals surface area contributed by atoms with E-state index in [0.29, 0.717) is 22.0 Å². The molecule has 0 bridgehead atoms. The molecule has 0 atom stereocenters. The third-order valence-corrected chi connectivity index (χ3v) is 7.71. The number of nitrogens with zero attached hydrogens (tertiary/aromatic N) is 4. The molecule has 0 saturated heterocycles. The highest BCUT2D eigenvalue weighted by Gasteiger charge is 2.45. The Morgan fingerprint density at radius 2 is 1.54 bits per heavy atom. The highest BCUT2D eigenvalue weighted by molar-refractivity contribution is 6.39. The van der Waals surface area contributed by atoms with Gasteiger partial charge in [0.1, 0.15) is 0 Å². The molecule has 3 amide bonds. The fraction of sp³-hybridized carbons (Fsp3) is 0.303. The fourth-order valence-corrected chi connectivity index (χ4v) is 4.74. The van der Waals surface area contributed by atoms with Crippen LogP contribution >= 0.6 is 11.6 Å². The Balaban J connectivity index is 1.18. The second kappa shape index (κ2) is 14.9. The minimum atomic E-state index is -4.61. The topological polar surface area (TPSA) is 172 Å². The second-order valence-electron chi connectivity index (χ2n) is 12.3. The zero-order chi connectivity index (χ0) is 35.9. The maximum atomic E-state index is 12.9. The minimum absolute atomic E-state index is 0.0102. The van der Waals surface area contributed by atoms with Gasteiger partial charge in [-0.15, -0.1) is 0 Å². The number of amides is 3. The van der Waals surface area contributed by atoms with Crippen LogP contribution in [0.15, 0.2) is 73.1 Å². The molecule has 1 aliphatic carbocycles. The smallest absolute Gasteiger partial charge is 0.422 e. The number of ether oxygens (including phenoxy) is 1. The summed E-state index contributed by atoms with van der Waals surface area (Å²) in [7, 11) is 0. The molecule has 5 rings (SSSR count). The van der Waals surface area contributed by atoms with Crippen LogP contribution in [-0.4, -0.2) is 63.5 Å². The van der Waals surface area contributed by atoms with Gasteiger partial charge in [0.05, 0.1) is 17.4 Å². The number of carbonyl (C=O) groups excluding carboxylic acids is 3. The molecule has 2 aromatic carbocycles. The van der Waals surface area contributed by atoms with E-state index < -0.39 is 47.5 Å². The Morgan fingerprint density at radius 1 is 0.860 bits per heavy atom. The first kappa shape index (κ1) is 35.8. The molecule has 5 N–H and O–H groups in total. The Hall–Kier alpha value is -5.51. The molecular weight excluding hydrogens is 679 g/mol. The largest absolute Gasteiger partial charge is 0.454 e. The standard InChI is InChI=1S/C33H33ClF3N9O4/c1-31(2,18-40-26(48)27(49)41-24-4-3-15-38-16-24)17-39-25(47)20-5-11-23(12-6-20)42-28-43-29(45-30(44-28)50-19-33(35,36)37)46-32(13-14-32)21-7-9-22(34)10-8-21/h3-12,15-16H,13-14,17-19H2,1-2H3,(H,39,47)(H,40,48)(H,41,49)(H2,42,43,44,45,46). The van der Waals surface area contributed by atoms with Crippen LogP contribution in [0.25, 0.3) is 0 Å². The molecule has 1 fully saturated rings. The number of hydrogen-bond acceptors (Lipinski definition) is 10. The first-order valence-electron chi connectivity index (χ1n) is 15.3. The van der Waals surface area contributed by atoms with Crippen molar-refractivity contribution in [1.82, 2.24) is 30.6 Å². The quantitative estimate of drug-likeness (QED) is 0.116. The molecule has 4 aromatic rings. The van der Waals surface area contributed by atoms with Crippen LogP contribution in [0, 0.1) is 5.41 Å². The zero-order valence-electron chi connectivity index (χ0n) is 26.9. The van der Waals surface area contributed by atoms with Crippen LogP contribution in [0.4, 0.5) is 36.4 Å². The van der Waals surface area contributed by atoms with Crippen molar-refractivity contribution in [3.8, 4) is 6.01 Å². The summed E-state index contributed by atoms with van der Waals surface area (Å²) in [5.74, 6) is -2.13. The summed E-state index contributed by atoms with van der Waals surface area (Å²) in [6, 6.07) is 16.1. The maximum absolute atomic E-state index is 12.9. The van der Waals surface area contributed by atoms with E-state index in [2.05, 4.69) is 46.5 Å². The van der Waals surface area contributed by atoms with Crippen molar-refractivity contribution in [1.29, 1.82) is 0 Å². The summed E-state index contributed by atoms with van der Waals surface area (Å²) in [5, 5.41) is 14.5. The van der Waals surface area contributed by atoms with E-state index in [4.69, 9.17) is 16.3 Å². The van der Waals surface area contributed by atoms with Crippen LogP contribution in [0.1, 0.15) is 42.6 Å². The normalized spacial score (nSPS) is 13.5. The summed E-state index contributed by atoms with van der Waals surface area (Å²) >= 11 is 6.03. The number of halogens is 4. The van der Waals surface area contributed by atoms with Gasteiger partial charge in [-0.25, -0.2) is 0 Å². The van der Waals surface area contributed by atoms with Crippen LogP contribution < -0.4 is 31.3 Å². The summed E-state index contributed by atoms with van der Waals surface area (Å²) in [6.45, 7) is 2.31. The number of nitrogens with one attached hydrogen (secondary N) is 5. The number of rotatable bonds is 13. The van der Waals surface area contributed by atoms with Crippen molar-refractivity contribution in [3.05, 3.63) is 89.2 Å².